The van der Waals surface area contributed by atoms with Gasteiger partial charge in [-0.25, -0.2) is 8.42 Å². The molecule has 0 saturated carbocycles. The first kappa shape index (κ1) is 15.8. The summed E-state index contributed by atoms with van der Waals surface area (Å²) in [6.45, 7) is 4.33. The summed E-state index contributed by atoms with van der Waals surface area (Å²) >= 11 is 0. The average Bonchev–Trinajstić information content (AvgIpc) is 2.42. The van der Waals surface area contributed by atoms with Crippen LogP contribution in [-0.2, 0) is 14.8 Å². The molecule has 1 fully saturated rings. The zero-order valence-corrected chi connectivity index (χ0v) is 13.1. The van der Waals surface area contributed by atoms with Crippen LogP contribution in [0.1, 0.15) is 24.0 Å². The van der Waals surface area contributed by atoms with E-state index < -0.39 is 10.0 Å². The number of amides is 1. The third kappa shape index (κ3) is 3.03. The predicted octanol–water partition coefficient (Wildman–Crippen LogP) is 0.772. The lowest BCUT2D eigenvalue weighted by molar-refractivity contribution is -0.122. The number of carbonyl (C=O) groups is 1. The number of nitrogens with zero attached hydrogens (tertiary/aromatic N) is 1. The van der Waals surface area contributed by atoms with Crippen LogP contribution < -0.4 is 11.5 Å². The molecule has 0 bridgehead atoms. The minimum Gasteiger partial charge on any atom is -0.398 e. The number of hydrogen-bond acceptors (Lipinski definition) is 4. The van der Waals surface area contributed by atoms with E-state index in [0.29, 0.717) is 25.9 Å². The predicted molar refractivity (Wildman–Crippen MR) is 81.0 cm³/mol. The minimum absolute atomic E-state index is 0.142. The number of piperidine rings is 1. The molecule has 0 aliphatic carbocycles. The van der Waals surface area contributed by atoms with Gasteiger partial charge in [0.1, 0.15) is 4.90 Å². The molecule has 2 rings (SSSR count). The Hall–Kier alpha value is -1.60. The first-order chi connectivity index (χ1) is 9.73. The Bertz CT molecular complexity index is 662. The van der Waals surface area contributed by atoms with Gasteiger partial charge in [0.15, 0.2) is 0 Å². The Morgan fingerprint density at radius 1 is 1.19 bits per heavy atom. The highest BCUT2D eigenvalue weighted by molar-refractivity contribution is 7.89. The molecule has 1 aromatic carbocycles. The van der Waals surface area contributed by atoms with Gasteiger partial charge in [0.2, 0.25) is 15.9 Å². The van der Waals surface area contributed by atoms with Crippen LogP contribution in [0.25, 0.3) is 0 Å². The van der Waals surface area contributed by atoms with Gasteiger partial charge in [-0.15, -0.1) is 0 Å². The van der Waals surface area contributed by atoms with Gasteiger partial charge < -0.3 is 11.5 Å². The zero-order valence-electron chi connectivity index (χ0n) is 12.3. The number of anilines is 1. The first-order valence-electron chi connectivity index (χ1n) is 6.89. The van der Waals surface area contributed by atoms with E-state index in [1.807, 2.05) is 13.8 Å². The van der Waals surface area contributed by atoms with Crippen molar-refractivity contribution in [2.45, 2.75) is 31.6 Å². The molecule has 21 heavy (non-hydrogen) atoms. The van der Waals surface area contributed by atoms with Gasteiger partial charge in [-0.1, -0.05) is 0 Å². The Balaban J connectivity index is 2.28. The second-order valence-electron chi connectivity index (χ2n) is 5.56. The van der Waals surface area contributed by atoms with Crippen molar-refractivity contribution in [2.75, 3.05) is 18.8 Å². The molecular formula is C14H21N3O3S. The van der Waals surface area contributed by atoms with Gasteiger partial charge >= 0.3 is 0 Å². The molecule has 0 spiro atoms. The lowest BCUT2D eigenvalue weighted by atomic mass is 9.98. The van der Waals surface area contributed by atoms with Crippen LogP contribution in [-0.4, -0.2) is 31.7 Å². The number of benzene rings is 1. The molecule has 1 saturated heterocycles. The van der Waals surface area contributed by atoms with Gasteiger partial charge in [0, 0.05) is 19.0 Å². The summed E-state index contributed by atoms with van der Waals surface area (Å²) in [5.41, 5.74) is 13.2. The summed E-state index contributed by atoms with van der Waals surface area (Å²) in [5.74, 6) is -0.605. The molecule has 7 heteroatoms. The van der Waals surface area contributed by atoms with E-state index in [1.165, 1.54) is 4.31 Å². The van der Waals surface area contributed by atoms with Crippen molar-refractivity contribution >= 4 is 21.6 Å². The number of nitrogens with two attached hydrogens (primary N) is 2. The van der Waals surface area contributed by atoms with Gasteiger partial charge in [0.25, 0.3) is 0 Å². The van der Waals surface area contributed by atoms with Crippen LogP contribution in [0, 0.1) is 19.8 Å². The van der Waals surface area contributed by atoms with Crippen molar-refractivity contribution in [1.29, 1.82) is 0 Å². The number of nitrogen functional groups attached to an aromatic ring is 1. The largest absolute Gasteiger partial charge is 0.398 e. The van der Waals surface area contributed by atoms with E-state index in [-0.39, 0.29) is 22.4 Å². The molecule has 0 unspecified atom stereocenters. The molecule has 0 aromatic heterocycles. The van der Waals surface area contributed by atoms with E-state index in [2.05, 4.69) is 0 Å². The van der Waals surface area contributed by atoms with Gasteiger partial charge in [-0.3, -0.25) is 4.79 Å². The fourth-order valence-corrected chi connectivity index (χ4v) is 4.21. The highest BCUT2D eigenvalue weighted by Crippen LogP contribution is 2.28. The van der Waals surface area contributed by atoms with Crippen LogP contribution in [0.4, 0.5) is 5.69 Å². The molecule has 4 N–H and O–H groups in total. The number of primary amides is 1. The number of rotatable bonds is 3. The van der Waals surface area contributed by atoms with Gasteiger partial charge in [-0.2, -0.15) is 4.31 Å². The Morgan fingerprint density at radius 2 is 1.71 bits per heavy atom. The fraction of sp³-hybridized carbons (Fsp3) is 0.500. The molecule has 1 aromatic rings. The summed E-state index contributed by atoms with van der Waals surface area (Å²) in [4.78, 5) is 11.3. The first-order valence-corrected chi connectivity index (χ1v) is 8.33. The van der Waals surface area contributed by atoms with Gasteiger partial charge in [-0.05, 0) is 49.9 Å². The van der Waals surface area contributed by atoms with Crippen molar-refractivity contribution in [3.63, 3.8) is 0 Å². The summed E-state index contributed by atoms with van der Waals surface area (Å²) in [6.07, 6.45) is 0.915. The summed E-state index contributed by atoms with van der Waals surface area (Å²) in [6, 6.07) is 3.29. The van der Waals surface area contributed by atoms with Crippen molar-refractivity contribution in [1.82, 2.24) is 4.31 Å². The number of aryl methyl sites for hydroxylation is 2. The van der Waals surface area contributed by atoms with Gasteiger partial charge in [0.05, 0.1) is 5.69 Å². The zero-order chi connectivity index (χ0) is 15.8. The topological polar surface area (TPSA) is 106 Å². The molecule has 0 atom stereocenters. The number of sulfonamides is 1. The van der Waals surface area contributed by atoms with Crippen LogP contribution in [0.3, 0.4) is 0 Å². The quantitative estimate of drug-likeness (QED) is 0.804. The molecule has 1 aliphatic rings. The second kappa shape index (κ2) is 5.65. The van der Waals surface area contributed by atoms with E-state index in [4.69, 9.17) is 11.5 Å². The Kier molecular flexibility index (Phi) is 4.25. The van der Waals surface area contributed by atoms with E-state index in [0.717, 1.165) is 11.1 Å². The molecule has 6 nitrogen and oxygen atoms in total. The summed E-state index contributed by atoms with van der Waals surface area (Å²) in [5, 5.41) is 0. The summed E-state index contributed by atoms with van der Waals surface area (Å²) < 4.78 is 26.7. The Morgan fingerprint density at radius 3 is 2.24 bits per heavy atom. The SMILES string of the molecule is Cc1cc(N)c(S(=O)(=O)N2CCC(C(N)=O)CC2)cc1C. The number of hydrogen-bond donors (Lipinski definition) is 2. The fourth-order valence-electron chi connectivity index (χ4n) is 2.56. The maximum atomic E-state index is 12.7. The maximum absolute atomic E-state index is 12.7. The Labute approximate surface area is 125 Å². The average molecular weight is 311 g/mol. The maximum Gasteiger partial charge on any atom is 0.245 e. The third-order valence-corrected chi connectivity index (χ3v) is 6.05. The number of carbonyl (C=O) groups excluding carboxylic acids is 1. The van der Waals surface area contributed by atoms with E-state index in [9.17, 15) is 13.2 Å². The molecule has 1 amide bonds. The highest BCUT2D eigenvalue weighted by atomic mass is 32.2. The van der Waals surface area contributed by atoms with Crippen LogP contribution in [0.15, 0.2) is 17.0 Å². The lowest BCUT2D eigenvalue weighted by Gasteiger charge is -2.30. The van der Waals surface area contributed by atoms with Crippen LogP contribution in [0.2, 0.25) is 0 Å². The second-order valence-corrected chi connectivity index (χ2v) is 7.46. The molecule has 0 radical (unpaired) electrons. The van der Waals surface area contributed by atoms with Crippen LogP contribution >= 0.6 is 0 Å². The van der Waals surface area contributed by atoms with Crippen molar-refractivity contribution in [2.24, 2.45) is 11.7 Å². The lowest BCUT2D eigenvalue weighted by Crippen LogP contribution is -2.41. The minimum atomic E-state index is -3.62. The molecular weight excluding hydrogens is 290 g/mol. The summed E-state index contributed by atoms with van der Waals surface area (Å²) in [7, 11) is -3.62. The highest BCUT2D eigenvalue weighted by Gasteiger charge is 2.32. The third-order valence-electron chi connectivity index (χ3n) is 4.10. The van der Waals surface area contributed by atoms with Crippen molar-refractivity contribution in [3.05, 3.63) is 23.3 Å². The standard InChI is InChI=1S/C14H21N3O3S/c1-9-7-12(15)13(8-10(9)2)21(19,20)17-5-3-11(4-6-17)14(16)18/h7-8,11H,3-6,15H2,1-2H3,(H2,16,18). The van der Waals surface area contributed by atoms with Crippen molar-refractivity contribution in [3.8, 4) is 0 Å². The van der Waals surface area contributed by atoms with E-state index >= 15 is 0 Å². The smallest absolute Gasteiger partial charge is 0.245 e. The molecule has 1 heterocycles. The normalized spacial score (nSPS) is 17.8. The molecule has 116 valence electrons. The van der Waals surface area contributed by atoms with Crippen LogP contribution in [0.5, 0.6) is 0 Å². The van der Waals surface area contributed by atoms with Crippen molar-refractivity contribution < 1.29 is 13.2 Å². The monoisotopic (exact) mass is 311 g/mol. The van der Waals surface area contributed by atoms with E-state index in [1.54, 1.807) is 12.1 Å². The molecule has 1 aliphatic heterocycles.